The average molecular weight is 132 g/mol. The molecular weight excluding hydrogens is 124 g/mol. The highest BCUT2D eigenvalue weighted by Gasteiger charge is 2.02. The fraction of sp³-hybridized carbons (Fsp3) is 0.250. The molecule has 10 heavy (non-hydrogen) atoms. The van der Waals surface area contributed by atoms with E-state index in [-0.39, 0.29) is 0 Å². The third kappa shape index (κ3) is 0.817. The molecule has 1 aromatic heterocycles. The molecule has 2 nitrogen and oxygen atoms in total. The van der Waals surface area contributed by atoms with E-state index in [2.05, 4.69) is 16.3 Å². The Balaban J connectivity index is 2.54. The largest absolute Gasteiger partial charge is 0.159 e. The Morgan fingerprint density at radius 3 is 3.30 bits per heavy atom. The number of hydrogen-bond acceptors (Lipinski definition) is 2. The number of hydrogen-bond donors (Lipinski definition) is 0. The number of fused-ring (bicyclic) bond motifs is 1. The van der Waals surface area contributed by atoms with E-state index >= 15 is 0 Å². The van der Waals surface area contributed by atoms with E-state index < -0.39 is 0 Å². The third-order valence-electron chi connectivity index (χ3n) is 1.69. The highest BCUT2D eigenvalue weighted by molar-refractivity contribution is 5.50. The minimum absolute atomic E-state index is 1.04. The summed E-state index contributed by atoms with van der Waals surface area (Å²) < 4.78 is 0. The second-order valence-electron chi connectivity index (χ2n) is 2.38. The van der Waals surface area contributed by atoms with Crippen molar-refractivity contribution in [3.05, 3.63) is 29.6 Å². The molecule has 0 atom stereocenters. The second kappa shape index (κ2) is 2.21. The van der Waals surface area contributed by atoms with Gasteiger partial charge in [-0.15, -0.1) is 0 Å². The first-order chi connectivity index (χ1) is 4.97. The summed E-state index contributed by atoms with van der Waals surface area (Å²) in [5, 5.41) is 7.78. The smallest absolute Gasteiger partial charge is 0.0886 e. The number of aromatic nitrogens is 2. The number of rotatable bonds is 0. The van der Waals surface area contributed by atoms with Gasteiger partial charge in [0.15, 0.2) is 0 Å². The highest BCUT2D eigenvalue weighted by Crippen LogP contribution is 2.14. The van der Waals surface area contributed by atoms with Crippen LogP contribution in [-0.4, -0.2) is 10.2 Å². The molecule has 0 amide bonds. The Kier molecular flexibility index (Phi) is 1.24. The van der Waals surface area contributed by atoms with Crippen LogP contribution in [0.5, 0.6) is 0 Å². The Morgan fingerprint density at radius 1 is 1.40 bits per heavy atom. The highest BCUT2D eigenvalue weighted by atomic mass is 15.1. The molecule has 1 heterocycles. The minimum Gasteiger partial charge on any atom is -0.159 e. The molecule has 0 spiro atoms. The fourth-order valence-corrected chi connectivity index (χ4v) is 1.15. The Bertz CT molecular complexity index is 266. The van der Waals surface area contributed by atoms with Gasteiger partial charge in [0.2, 0.25) is 0 Å². The van der Waals surface area contributed by atoms with E-state index in [1.807, 2.05) is 12.1 Å². The van der Waals surface area contributed by atoms with Crippen molar-refractivity contribution >= 4 is 6.08 Å². The molecule has 2 rings (SSSR count). The van der Waals surface area contributed by atoms with Crippen LogP contribution in [0.3, 0.4) is 0 Å². The fourth-order valence-electron chi connectivity index (χ4n) is 1.15. The van der Waals surface area contributed by atoms with Crippen LogP contribution in [0.1, 0.15) is 17.7 Å². The molecule has 50 valence electrons. The van der Waals surface area contributed by atoms with Crippen LogP contribution in [0, 0.1) is 0 Å². The summed E-state index contributed by atoms with van der Waals surface area (Å²) in [6.45, 7) is 0. The quantitative estimate of drug-likeness (QED) is 0.533. The summed E-state index contributed by atoms with van der Waals surface area (Å²) in [7, 11) is 0. The summed E-state index contributed by atoms with van der Waals surface area (Å²) in [5.41, 5.74) is 2.35. The van der Waals surface area contributed by atoms with Gasteiger partial charge in [-0.3, -0.25) is 0 Å². The maximum atomic E-state index is 3.98. The van der Waals surface area contributed by atoms with Crippen molar-refractivity contribution in [3.63, 3.8) is 0 Å². The van der Waals surface area contributed by atoms with Gasteiger partial charge in [0.05, 0.1) is 5.69 Å². The predicted molar refractivity (Wildman–Crippen MR) is 39.4 cm³/mol. The lowest BCUT2D eigenvalue weighted by Gasteiger charge is -2.05. The average Bonchev–Trinajstić information content (AvgIpc) is 2.05. The van der Waals surface area contributed by atoms with Gasteiger partial charge in [-0.1, -0.05) is 6.08 Å². The molecule has 0 N–H and O–H groups in total. The molecule has 1 aliphatic rings. The molecule has 1 aromatic rings. The number of allylic oxidation sites excluding steroid dienone is 1. The second-order valence-corrected chi connectivity index (χ2v) is 2.38. The number of aryl methyl sites for hydroxylation is 1. The van der Waals surface area contributed by atoms with Gasteiger partial charge >= 0.3 is 0 Å². The zero-order chi connectivity index (χ0) is 6.81. The van der Waals surface area contributed by atoms with Crippen molar-refractivity contribution in [3.8, 4) is 0 Å². The molecule has 1 aliphatic carbocycles. The maximum Gasteiger partial charge on any atom is 0.0886 e. The standard InChI is InChI=1S/C8H8N2/c1-2-4-8-7(3-1)5-6-9-10-8/h2,4-6H,1,3H2. The van der Waals surface area contributed by atoms with Crippen molar-refractivity contribution < 1.29 is 0 Å². The molecule has 0 saturated heterocycles. The lowest BCUT2D eigenvalue weighted by atomic mass is 10.0. The molecule has 0 bridgehead atoms. The first-order valence-electron chi connectivity index (χ1n) is 3.44. The summed E-state index contributed by atoms with van der Waals surface area (Å²) in [4.78, 5) is 0. The zero-order valence-electron chi connectivity index (χ0n) is 5.62. The first-order valence-corrected chi connectivity index (χ1v) is 3.44. The van der Waals surface area contributed by atoms with Crippen LogP contribution in [0.2, 0.25) is 0 Å². The van der Waals surface area contributed by atoms with Crippen molar-refractivity contribution in [2.75, 3.05) is 0 Å². The van der Waals surface area contributed by atoms with Crippen molar-refractivity contribution in [2.45, 2.75) is 12.8 Å². The maximum absolute atomic E-state index is 3.98. The molecular formula is C8H8N2. The number of nitrogens with zero attached hydrogens (tertiary/aromatic N) is 2. The van der Waals surface area contributed by atoms with Crippen LogP contribution in [0.25, 0.3) is 6.08 Å². The van der Waals surface area contributed by atoms with E-state index in [1.165, 1.54) is 5.56 Å². The molecule has 0 aliphatic heterocycles. The molecule has 0 aromatic carbocycles. The summed E-state index contributed by atoms with van der Waals surface area (Å²) in [6, 6.07) is 2.03. The minimum atomic E-state index is 1.04. The van der Waals surface area contributed by atoms with Crippen LogP contribution < -0.4 is 0 Å². The molecule has 0 saturated carbocycles. The topological polar surface area (TPSA) is 25.8 Å². The summed E-state index contributed by atoms with van der Waals surface area (Å²) >= 11 is 0. The van der Waals surface area contributed by atoms with Crippen LogP contribution in [0.15, 0.2) is 18.3 Å². The van der Waals surface area contributed by atoms with Gasteiger partial charge in [-0.05, 0) is 30.5 Å². The van der Waals surface area contributed by atoms with Crippen molar-refractivity contribution in [1.29, 1.82) is 0 Å². The van der Waals surface area contributed by atoms with Crippen molar-refractivity contribution in [1.82, 2.24) is 10.2 Å². The van der Waals surface area contributed by atoms with E-state index in [0.717, 1.165) is 18.5 Å². The molecule has 0 unspecified atom stereocenters. The third-order valence-corrected chi connectivity index (χ3v) is 1.69. The SMILES string of the molecule is C1=Cc2nnccc2CC1. The van der Waals surface area contributed by atoms with Gasteiger partial charge in [-0.2, -0.15) is 10.2 Å². The van der Waals surface area contributed by atoms with Gasteiger partial charge < -0.3 is 0 Å². The zero-order valence-corrected chi connectivity index (χ0v) is 5.62. The van der Waals surface area contributed by atoms with Crippen LogP contribution in [-0.2, 0) is 6.42 Å². The van der Waals surface area contributed by atoms with Gasteiger partial charge in [-0.25, -0.2) is 0 Å². The molecule has 2 heteroatoms. The Hall–Kier alpha value is -1.18. The van der Waals surface area contributed by atoms with E-state index in [0.29, 0.717) is 0 Å². The van der Waals surface area contributed by atoms with Crippen LogP contribution >= 0.6 is 0 Å². The van der Waals surface area contributed by atoms with Gasteiger partial charge in [0.1, 0.15) is 0 Å². The Morgan fingerprint density at radius 2 is 2.40 bits per heavy atom. The summed E-state index contributed by atoms with van der Waals surface area (Å²) in [5.74, 6) is 0. The summed E-state index contributed by atoms with van der Waals surface area (Å²) in [6.07, 6.45) is 8.17. The Labute approximate surface area is 59.6 Å². The van der Waals surface area contributed by atoms with E-state index in [9.17, 15) is 0 Å². The van der Waals surface area contributed by atoms with E-state index in [4.69, 9.17) is 0 Å². The molecule has 0 fully saturated rings. The normalized spacial score (nSPS) is 14.8. The van der Waals surface area contributed by atoms with Crippen LogP contribution in [0.4, 0.5) is 0 Å². The lowest BCUT2D eigenvalue weighted by molar-refractivity contribution is 0.913. The van der Waals surface area contributed by atoms with Gasteiger partial charge in [0.25, 0.3) is 0 Å². The first kappa shape index (κ1) is 5.59. The van der Waals surface area contributed by atoms with Gasteiger partial charge in [0, 0.05) is 6.20 Å². The molecule has 0 radical (unpaired) electrons. The predicted octanol–water partition coefficient (Wildman–Crippen LogP) is 1.44. The monoisotopic (exact) mass is 132 g/mol. The van der Waals surface area contributed by atoms with Crippen molar-refractivity contribution in [2.24, 2.45) is 0 Å². The van der Waals surface area contributed by atoms with E-state index in [1.54, 1.807) is 6.20 Å². The lowest BCUT2D eigenvalue weighted by Crippen LogP contribution is -1.97.